The number of carbonyl (C=O) groups is 1. The summed E-state index contributed by atoms with van der Waals surface area (Å²) in [5.41, 5.74) is 3.94. The Labute approximate surface area is 230 Å². The molecule has 2 heterocycles. The molecule has 9 nitrogen and oxygen atoms in total. The number of halogens is 1. The second-order valence-corrected chi connectivity index (χ2v) is 9.78. The summed E-state index contributed by atoms with van der Waals surface area (Å²) in [4.78, 5) is 18.5. The first kappa shape index (κ1) is 26.5. The Morgan fingerprint density at radius 3 is 2.42 bits per heavy atom. The molecule has 0 radical (unpaired) electrons. The van der Waals surface area contributed by atoms with Crippen LogP contribution in [0.2, 0.25) is 0 Å². The lowest BCUT2D eigenvalue weighted by atomic mass is 10.0. The van der Waals surface area contributed by atoms with Crippen LogP contribution in [0.25, 0.3) is 22.6 Å². The molecule has 0 atom stereocenters. The highest BCUT2D eigenvalue weighted by Crippen LogP contribution is 2.34. The highest BCUT2D eigenvalue weighted by Gasteiger charge is 2.18. The molecular formula is C30H28FN7O2. The van der Waals surface area contributed by atoms with Crippen molar-refractivity contribution in [1.29, 1.82) is 0 Å². The average molecular weight is 538 g/mol. The second kappa shape index (κ2) is 11.7. The number of tetrazole rings is 1. The largest absolute Gasteiger partial charge is 0.478 e. The average Bonchev–Trinajstić information content (AvgIpc) is 3.49. The predicted molar refractivity (Wildman–Crippen MR) is 152 cm³/mol. The van der Waals surface area contributed by atoms with Crippen molar-refractivity contribution in [2.45, 2.75) is 20.4 Å². The van der Waals surface area contributed by atoms with E-state index in [2.05, 4.69) is 56.8 Å². The van der Waals surface area contributed by atoms with Gasteiger partial charge in [-0.15, -0.1) is 5.10 Å². The summed E-state index contributed by atoms with van der Waals surface area (Å²) < 4.78 is 14.9. The highest BCUT2D eigenvalue weighted by molar-refractivity contribution is 5.88. The molecule has 0 aliphatic carbocycles. The van der Waals surface area contributed by atoms with Gasteiger partial charge in [-0.3, -0.25) is 0 Å². The van der Waals surface area contributed by atoms with E-state index in [0.717, 1.165) is 29.3 Å². The normalized spacial score (nSPS) is 11.0. The van der Waals surface area contributed by atoms with Gasteiger partial charge in [-0.05, 0) is 46.2 Å². The molecule has 2 aromatic heterocycles. The summed E-state index contributed by atoms with van der Waals surface area (Å²) in [6.45, 7) is 5.66. The van der Waals surface area contributed by atoms with Crippen molar-refractivity contribution in [3.8, 4) is 22.6 Å². The molecule has 5 aromatic rings. The number of aromatic carboxylic acids is 1. The standard InChI is InChI=1S/C30H28FN7O2/c1-19(2)17-38(18-20-8-4-3-5-9-20)28-16-22(32-26-13-12-21(30(39)40)14-25(26)31)15-27(33-28)23-10-6-7-11-24(23)29-34-36-37-35-29/h3-16,19H,17-18H2,1-2H3,(H,32,33)(H,39,40)(H,34,35,36,37). The zero-order chi connectivity index (χ0) is 28.1. The number of hydrogen-bond acceptors (Lipinski definition) is 7. The number of nitrogens with one attached hydrogen (secondary N) is 2. The van der Waals surface area contributed by atoms with Gasteiger partial charge in [0, 0.05) is 36.0 Å². The van der Waals surface area contributed by atoms with Gasteiger partial charge in [-0.25, -0.2) is 19.3 Å². The summed E-state index contributed by atoms with van der Waals surface area (Å²) in [6, 6.07) is 25.3. The zero-order valence-corrected chi connectivity index (χ0v) is 22.0. The molecule has 0 saturated heterocycles. The van der Waals surface area contributed by atoms with Crippen molar-refractivity contribution in [2.75, 3.05) is 16.8 Å². The Morgan fingerprint density at radius 2 is 1.75 bits per heavy atom. The quantitative estimate of drug-likeness (QED) is 0.193. The molecule has 202 valence electrons. The number of H-pyrrole nitrogens is 1. The molecule has 3 aromatic carbocycles. The first-order valence-corrected chi connectivity index (χ1v) is 12.8. The van der Waals surface area contributed by atoms with Crippen LogP contribution in [0.5, 0.6) is 0 Å². The van der Waals surface area contributed by atoms with Crippen molar-refractivity contribution >= 4 is 23.2 Å². The van der Waals surface area contributed by atoms with E-state index in [1.807, 2.05) is 54.6 Å². The Kier molecular flexibility index (Phi) is 7.77. The van der Waals surface area contributed by atoms with Gasteiger partial charge in [0.15, 0.2) is 5.82 Å². The molecule has 0 unspecified atom stereocenters. The van der Waals surface area contributed by atoms with E-state index >= 15 is 0 Å². The van der Waals surface area contributed by atoms with Gasteiger partial charge in [0.25, 0.3) is 0 Å². The number of benzene rings is 3. The van der Waals surface area contributed by atoms with Crippen LogP contribution in [-0.4, -0.2) is 43.2 Å². The smallest absolute Gasteiger partial charge is 0.335 e. The van der Waals surface area contributed by atoms with Crippen molar-refractivity contribution in [1.82, 2.24) is 25.6 Å². The van der Waals surface area contributed by atoms with Gasteiger partial charge in [0.05, 0.1) is 16.9 Å². The fraction of sp³-hybridized carbons (Fsp3) is 0.167. The number of anilines is 3. The zero-order valence-electron chi connectivity index (χ0n) is 22.0. The highest BCUT2D eigenvalue weighted by atomic mass is 19.1. The van der Waals surface area contributed by atoms with Gasteiger partial charge in [0.1, 0.15) is 11.6 Å². The molecule has 0 aliphatic heterocycles. The monoisotopic (exact) mass is 537 g/mol. The van der Waals surface area contributed by atoms with E-state index in [1.165, 1.54) is 12.1 Å². The summed E-state index contributed by atoms with van der Waals surface area (Å²) in [5, 5.41) is 26.7. The van der Waals surface area contributed by atoms with Crippen molar-refractivity contribution in [3.63, 3.8) is 0 Å². The Hall–Kier alpha value is -5.12. The van der Waals surface area contributed by atoms with Crippen LogP contribution in [0, 0.1) is 11.7 Å². The molecule has 0 saturated carbocycles. The van der Waals surface area contributed by atoms with Crippen LogP contribution < -0.4 is 10.2 Å². The van der Waals surface area contributed by atoms with Gasteiger partial charge in [0.2, 0.25) is 0 Å². The second-order valence-electron chi connectivity index (χ2n) is 9.78. The Balaban J connectivity index is 1.62. The third-order valence-corrected chi connectivity index (χ3v) is 6.24. The van der Waals surface area contributed by atoms with Crippen LogP contribution >= 0.6 is 0 Å². The van der Waals surface area contributed by atoms with Gasteiger partial charge in [-0.1, -0.05) is 68.4 Å². The number of pyridine rings is 1. The third kappa shape index (κ3) is 6.12. The predicted octanol–water partition coefficient (Wildman–Crippen LogP) is 6.17. The van der Waals surface area contributed by atoms with E-state index in [4.69, 9.17) is 4.98 Å². The molecule has 0 amide bonds. The van der Waals surface area contributed by atoms with Crippen LogP contribution in [0.1, 0.15) is 29.8 Å². The SMILES string of the molecule is CC(C)CN(Cc1ccccc1)c1cc(Nc2ccc(C(=O)O)cc2F)cc(-c2ccccc2-c2nnn[nH]2)n1. The van der Waals surface area contributed by atoms with Crippen LogP contribution in [0.3, 0.4) is 0 Å². The number of aromatic nitrogens is 5. The maximum atomic E-state index is 14.9. The number of carboxylic acids is 1. The maximum absolute atomic E-state index is 14.9. The molecule has 0 spiro atoms. The van der Waals surface area contributed by atoms with Crippen LogP contribution in [0.4, 0.5) is 21.6 Å². The first-order valence-electron chi connectivity index (χ1n) is 12.8. The van der Waals surface area contributed by atoms with Crippen molar-refractivity contribution in [3.05, 3.63) is 102 Å². The summed E-state index contributed by atoms with van der Waals surface area (Å²) in [7, 11) is 0. The topological polar surface area (TPSA) is 120 Å². The fourth-order valence-corrected chi connectivity index (χ4v) is 4.46. The van der Waals surface area contributed by atoms with Crippen molar-refractivity contribution < 1.29 is 14.3 Å². The van der Waals surface area contributed by atoms with Gasteiger partial charge in [-0.2, -0.15) is 0 Å². The maximum Gasteiger partial charge on any atom is 0.335 e. The van der Waals surface area contributed by atoms with Gasteiger partial charge >= 0.3 is 5.97 Å². The molecule has 5 rings (SSSR count). The molecular weight excluding hydrogens is 509 g/mol. The van der Waals surface area contributed by atoms with E-state index in [1.54, 1.807) is 0 Å². The molecule has 40 heavy (non-hydrogen) atoms. The molecule has 0 aliphatic rings. The lowest BCUT2D eigenvalue weighted by Gasteiger charge is -2.27. The molecule has 0 fully saturated rings. The number of rotatable bonds is 10. The van der Waals surface area contributed by atoms with Crippen molar-refractivity contribution in [2.24, 2.45) is 5.92 Å². The third-order valence-electron chi connectivity index (χ3n) is 6.24. The summed E-state index contributed by atoms with van der Waals surface area (Å²) in [6.07, 6.45) is 0. The van der Waals surface area contributed by atoms with E-state index < -0.39 is 11.8 Å². The first-order chi connectivity index (χ1) is 19.4. The fourth-order valence-electron chi connectivity index (χ4n) is 4.46. The van der Waals surface area contributed by atoms with E-state index in [9.17, 15) is 14.3 Å². The Bertz CT molecular complexity index is 1610. The van der Waals surface area contributed by atoms with Gasteiger partial charge < -0.3 is 15.3 Å². The van der Waals surface area contributed by atoms with Crippen LogP contribution in [-0.2, 0) is 6.54 Å². The minimum Gasteiger partial charge on any atom is -0.478 e. The lowest BCUT2D eigenvalue weighted by Crippen LogP contribution is -2.28. The summed E-state index contributed by atoms with van der Waals surface area (Å²) in [5.74, 6) is -0.320. The Morgan fingerprint density at radius 1 is 1.00 bits per heavy atom. The summed E-state index contributed by atoms with van der Waals surface area (Å²) >= 11 is 0. The number of carboxylic acid groups (broad SMARTS) is 1. The minimum atomic E-state index is -1.19. The lowest BCUT2D eigenvalue weighted by molar-refractivity contribution is 0.0696. The van der Waals surface area contributed by atoms with Crippen LogP contribution in [0.15, 0.2) is 84.9 Å². The van der Waals surface area contributed by atoms with E-state index in [-0.39, 0.29) is 11.3 Å². The molecule has 0 bridgehead atoms. The number of hydrogen-bond donors (Lipinski definition) is 3. The number of nitrogens with zero attached hydrogens (tertiary/aromatic N) is 5. The van der Waals surface area contributed by atoms with E-state index in [0.29, 0.717) is 35.5 Å². The molecule has 3 N–H and O–H groups in total. The number of aromatic amines is 1. The minimum absolute atomic E-state index is 0.125. The molecule has 10 heteroatoms.